The molecule has 4 N–H and O–H groups in total. The first-order valence-corrected chi connectivity index (χ1v) is 6.08. The van der Waals surface area contributed by atoms with Crippen molar-refractivity contribution in [2.45, 2.75) is 0 Å². The third kappa shape index (κ3) is 3.27. The maximum atomic E-state index is 13.1. The number of benzene rings is 1. The number of rotatable bonds is 3. The van der Waals surface area contributed by atoms with Gasteiger partial charge in [-0.2, -0.15) is 0 Å². The molecule has 7 heteroatoms. The van der Waals surface area contributed by atoms with Crippen LogP contribution in [-0.2, 0) is 0 Å². The summed E-state index contributed by atoms with van der Waals surface area (Å²) in [5.41, 5.74) is 3.66. The van der Waals surface area contributed by atoms with E-state index in [0.29, 0.717) is 11.4 Å². The molecule has 0 saturated heterocycles. The van der Waals surface area contributed by atoms with Crippen LogP contribution >= 0.6 is 15.9 Å². The molecule has 1 amide bonds. The highest BCUT2D eigenvalue weighted by Crippen LogP contribution is 2.20. The first-order valence-electron chi connectivity index (χ1n) is 5.29. The average molecular weight is 325 g/mol. The summed E-state index contributed by atoms with van der Waals surface area (Å²) >= 11 is 3.05. The molecule has 1 aromatic heterocycles. The fourth-order valence-corrected chi connectivity index (χ4v) is 1.79. The number of nitrogens with one attached hydrogen (secondary N) is 2. The van der Waals surface area contributed by atoms with Gasteiger partial charge in [0.2, 0.25) is 0 Å². The van der Waals surface area contributed by atoms with Gasteiger partial charge in [-0.1, -0.05) is 0 Å². The molecule has 0 radical (unpaired) electrons. The molecule has 0 aliphatic rings. The van der Waals surface area contributed by atoms with Crippen molar-refractivity contribution >= 4 is 33.2 Å². The van der Waals surface area contributed by atoms with Crippen molar-refractivity contribution < 1.29 is 9.18 Å². The number of hydrogen-bond acceptors (Lipinski definition) is 4. The Kier molecular flexibility index (Phi) is 4.08. The number of pyridine rings is 1. The summed E-state index contributed by atoms with van der Waals surface area (Å²) < 4.78 is 13.3. The van der Waals surface area contributed by atoms with Gasteiger partial charge < -0.3 is 10.7 Å². The fourth-order valence-electron chi connectivity index (χ4n) is 1.41. The van der Waals surface area contributed by atoms with Crippen LogP contribution in [0.4, 0.5) is 15.8 Å². The summed E-state index contributed by atoms with van der Waals surface area (Å²) in [6, 6.07) is 7.32. The number of carbonyl (C=O) groups is 1. The highest BCUT2D eigenvalue weighted by Gasteiger charge is 2.09. The lowest BCUT2D eigenvalue weighted by Crippen LogP contribution is -2.15. The molecule has 0 saturated carbocycles. The van der Waals surface area contributed by atoms with Gasteiger partial charge in [-0.25, -0.2) is 4.39 Å². The summed E-state index contributed by atoms with van der Waals surface area (Å²) in [5, 5.41) is 2.61. The molecule has 0 fully saturated rings. The molecule has 19 heavy (non-hydrogen) atoms. The summed E-state index contributed by atoms with van der Waals surface area (Å²) in [6.45, 7) is 0. The van der Waals surface area contributed by atoms with Crippen molar-refractivity contribution in [1.29, 1.82) is 0 Å². The van der Waals surface area contributed by atoms with Crippen LogP contribution in [0.3, 0.4) is 0 Å². The van der Waals surface area contributed by atoms with E-state index in [4.69, 9.17) is 5.84 Å². The molecule has 1 aromatic carbocycles. The van der Waals surface area contributed by atoms with E-state index >= 15 is 0 Å². The Morgan fingerprint density at radius 3 is 2.74 bits per heavy atom. The monoisotopic (exact) mass is 324 g/mol. The number of halogens is 2. The van der Waals surface area contributed by atoms with E-state index < -0.39 is 11.7 Å². The fraction of sp³-hybridized carbons (Fsp3) is 0. The Morgan fingerprint density at radius 2 is 2.05 bits per heavy atom. The number of hydrogen-bond donors (Lipinski definition) is 3. The highest BCUT2D eigenvalue weighted by molar-refractivity contribution is 9.10. The van der Waals surface area contributed by atoms with Gasteiger partial charge in [-0.3, -0.25) is 15.6 Å². The zero-order chi connectivity index (χ0) is 13.8. The van der Waals surface area contributed by atoms with Gasteiger partial charge in [0.15, 0.2) is 0 Å². The average Bonchev–Trinajstić information content (AvgIpc) is 2.43. The Morgan fingerprint density at radius 1 is 1.26 bits per heavy atom. The van der Waals surface area contributed by atoms with Gasteiger partial charge in [0.1, 0.15) is 11.5 Å². The molecule has 5 nitrogen and oxygen atoms in total. The molecular weight excluding hydrogens is 315 g/mol. The number of nitrogens with zero attached hydrogens (tertiary/aromatic N) is 1. The van der Waals surface area contributed by atoms with Crippen LogP contribution in [0.15, 0.2) is 41.0 Å². The second kappa shape index (κ2) is 5.77. The van der Waals surface area contributed by atoms with E-state index in [1.165, 1.54) is 30.5 Å². The van der Waals surface area contributed by atoms with E-state index in [1.807, 2.05) is 0 Å². The minimum Gasteiger partial charge on any atom is -0.324 e. The van der Waals surface area contributed by atoms with E-state index in [9.17, 15) is 9.18 Å². The Bertz CT molecular complexity index is 620. The quantitative estimate of drug-likeness (QED) is 0.598. The summed E-state index contributed by atoms with van der Waals surface area (Å²) in [7, 11) is 0. The minimum atomic E-state index is -0.407. The Balaban J connectivity index is 2.18. The van der Waals surface area contributed by atoms with E-state index in [0.717, 1.165) is 0 Å². The number of nitrogen functional groups attached to an aromatic ring is 1. The summed E-state index contributed by atoms with van der Waals surface area (Å²) in [4.78, 5) is 15.9. The first kappa shape index (κ1) is 13.4. The Labute approximate surface area is 117 Å². The van der Waals surface area contributed by atoms with Gasteiger partial charge >= 0.3 is 0 Å². The highest BCUT2D eigenvalue weighted by atomic mass is 79.9. The Hall–Kier alpha value is -1.99. The lowest BCUT2D eigenvalue weighted by Gasteiger charge is -2.06. The molecule has 2 aromatic rings. The molecule has 2 rings (SSSR count). The second-order valence-electron chi connectivity index (χ2n) is 3.66. The van der Waals surface area contributed by atoms with Crippen LogP contribution in [-0.4, -0.2) is 10.9 Å². The number of hydrazine groups is 1. The van der Waals surface area contributed by atoms with Gasteiger partial charge in [0, 0.05) is 11.9 Å². The van der Waals surface area contributed by atoms with Gasteiger partial charge in [0.05, 0.1) is 10.2 Å². The molecule has 98 valence electrons. The van der Waals surface area contributed by atoms with Crippen molar-refractivity contribution in [2.24, 2.45) is 5.84 Å². The van der Waals surface area contributed by atoms with E-state index in [-0.39, 0.29) is 10.2 Å². The standard InChI is InChI=1S/C12H10BrFN4O/c13-9-5-7(1-2-10(9)14)17-12(19)11-6-8(18-15)3-4-16-11/h1-6H,15H2,(H,16,18)(H,17,19). The maximum Gasteiger partial charge on any atom is 0.274 e. The predicted octanol–water partition coefficient (Wildman–Crippen LogP) is 2.52. The number of anilines is 2. The van der Waals surface area contributed by atoms with Crippen molar-refractivity contribution in [3.8, 4) is 0 Å². The molecule has 0 unspecified atom stereocenters. The first-order chi connectivity index (χ1) is 9.10. The van der Waals surface area contributed by atoms with Crippen molar-refractivity contribution in [2.75, 3.05) is 10.7 Å². The molecular formula is C12H10BrFN4O. The van der Waals surface area contributed by atoms with Crippen LogP contribution in [0, 0.1) is 5.82 Å². The van der Waals surface area contributed by atoms with Gasteiger partial charge in [-0.05, 0) is 46.3 Å². The molecule has 0 aliphatic carbocycles. The van der Waals surface area contributed by atoms with E-state index in [2.05, 4.69) is 31.7 Å². The van der Waals surface area contributed by atoms with Crippen LogP contribution in [0.25, 0.3) is 0 Å². The van der Waals surface area contributed by atoms with Crippen molar-refractivity contribution in [1.82, 2.24) is 4.98 Å². The third-order valence-corrected chi connectivity index (χ3v) is 2.94. The number of carbonyl (C=O) groups excluding carboxylic acids is 1. The lowest BCUT2D eigenvalue weighted by atomic mass is 10.2. The molecule has 1 heterocycles. The molecule has 0 spiro atoms. The van der Waals surface area contributed by atoms with Crippen molar-refractivity contribution in [3.05, 3.63) is 52.5 Å². The van der Waals surface area contributed by atoms with Crippen LogP contribution in [0.2, 0.25) is 0 Å². The molecule has 0 atom stereocenters. The topological polar surface area (TPSA) is 80.0 Å². The zero-order valence-corrected chi connectivity index (χ0v) is 11.2. The van der Waals surface area contributed by atoms with E-state index in [1.54, 1.807) is 6.07 Å². The SMILES string of the molecule is NNc1ccnc(C(=O)Nc2ccc(F)c(Br)c2)c1. The van der Waals surface area contributed by atoms with Crippen LogP contribution in [0.1, 0.15) is 10.5 Å². The van der Waals surface area contributed by atoms with Crippen molar-refractivity contribution in [3.63, 3.8) is 0 Å². The number of nitrogens with two attached hydrogens (primary N) is 1. The molecule has 0 aliphatic heterocycles. The second-order valence-corrected chi connectivity index (χ2v) is 4.51. The van der Waals surface area contributed by atoms with Gasteiger partial charge in [0.25, 0.3) is 5.91 Å². The molecule has 0 bridgehead atoms. The third-order valence-electron chi connectivity index (χ3n) is 2.34. The maximum absolute atomic E-state index is 13.1. The normalized spacial score (nSPS) is 10.1. The van der Waals surface area contributed by atoms with Crippen LogP contribution in [0.5, 0.6) is 0 Å². The summed E-state index contributed by atoms with van der Waals surface area (Å²) in [6.07, 6.45) is 1.46. The largest absolute Gasteiger partial charge is 0.324 e. The minimum absolute atomic E-state index is 0.205. The number of aromatic nitrogens is 1. The number of amides is 1. The van der Waals surface area contributed by atoms with Crippen LogP contribution < -0.4 is 16.6 Å². The zero-order valence-electron chi connectivity index (χ0n) is 9.65. The van der Waals surface area contributed by atoms with Gasteiger partial charge in [-0.15, -0.1) is 0 Å². The predicted molar refractivity (Wildman–Crippen MR) is 74.1 cm³/mol. The smallest absolute Gasteiger partial charge is 0.274 e. The lowest BCUT2D eigenvalue weighted by molar-refractivity contribution is 0.102. The summed E-state index contributed by atoms with van der Waals surface area (Å²) in [5.74, 6) is 4.45.